The normalized spacial score (nSPS) is 12.8. The van der Waals surface area contributed by atoms with Crippen molar-refractivity contribution in [3.05, 3.63) is 101 Å². The molecule has 0 nitrogen and oxygen atoms in total. The van der Waals surface area contributed by atoms with E-state index >= 15 is 0 Å². The van der Waals surface area contributed by atoms with Crippen molar-refractivity contribution in [1.29, 1.82) is 0 Å². The lowest BCUT2D eigenvalue weighted by Crippen LogP contribution is -1.95. The zero-order valence-electron chi connectivity index (χ0n) is 14.2. The molecule has 4 rings (SSSR count). The number of hydrogen-bond acceptors (Lipinski definition) is 0. The second kappa shape index (κ2) is 6.13. The monoisotopic (exact) mass is 309 g/mol. The van der Waals surface area contributed by atoms with E-state index in [1.54, 1.807) is 0 Å². The summed E-state index contributed by atoms with van der Waals surface area (Å²) in [7, 11) is 0. The van der Waals surface area contributed by atoms with Gasteiger partial charge in [0.1, 0.15) is 0 Å². The molecule has 0 saturated heterocycles. The molecule has 0 amide bonds. The lowest BCUT2D eigenvalue weighted by atomic mass is 9.89. The van der Waals surface area contributed by atoms with Crippen molar-refractivity contribution < 1.29 is 0 Å². The maximum absolute atomic E-state index is 2.35. The zero-order valence-corrected chi connectivity index (χ0v) is 14.2. The molecule has 0 N–H and O–H groups in total. The highest BCUT2D eigenvalue weighted by atomic mass is 14.2. The van der Waals surface area contributed by atoms with E-state index in [-0.39, 0.29) is 0 Å². The molecule has 3 aromatic rings. The number of hydrogen-bond donors (Lipinski definition) is 0. The first-order valence-electron chi connectivity index (χ1n) is 8.61. The van der Waals surface area contributed by atoms with E-state index in [0.29, 0.717) is 0 Å². The number of rotatable bonds is 3. The van der Waals surface area contributed by atoms with Crippen LogP contribution < -0.4 is 0 Å². The third kappa shape index (κ3) is 2.49. The summed E-state index contributed by atoms with van der Waals surface area (Å²) in [5, 5.41) is 0. The third-order valence-corrected chi connectivity index (χ3v) is 4.88. The molecular weight excluding hydrogens is 288 g/mol. The number of benzene rings is 3. The molecule has 0 bridgehead atoms. The highest BCUT2D eigenvalue weighted by Crippen LogP contribution is 2.41. The summed E-state index contributed by atoms with van der Waals surface area (Å²) in [5.74, 6) is 0. The second-order valence-corrected chi connectivity index (χ2v) is 6.38. The van der Waals surface area contributed by atoms with Crippen LogP contribution in [-0.2, 0) is 6.42 Å². The van der Waals surface area contributed by atoms with Gasteiger partial charge in [-0.15, -0.1) is 0 Å². The van der Waals surface area contributed by atoms with Crippen LogP contribution in [0.5, 0.6) is 0 Å². The Bertz CT molecular complexity index is 914. The van der Waals surface area contributed by atoms with Crippen LogP contribution >= 0.6 is 0 Å². The van der Waals surface area contributed by atoms with Gasteiger partial charge in [-0.05, 0) is 63.9 Å². The molecule has 0 fully saturated rings. The minimum atomic E-state index is 1.05. The van der Waals surface area contributed by atoms with Crippen LogP contribution in [0.25, 0.3) is 22.8 Å². The Morgan fingerprint density at radius 1 is 0.792 bits per heavy atom. The van der Waals surface area contributed by atoms with Gasteiger partial charge < -0.3 is 0 Å². The Kier molecular flexibility index (Phi) is 3.82. The van der Waals surface area contributed by atoms with Gasteiger partial charge in [-0.2, -0.15) is 0 Å². The predicted octanol–water partition coefficient (Wildman–Crippen LogP) is 6.33. The molecule has 0 spiro atoms. The van der Waals surface area contributed by atoms with Gasteiger partial charge in [-0.3, -0.25) is 0 Å². The van der Waals surface area contributed by atoms with Gasteiger partial charge in [0.15, 0.2) is 0 Å². The molecular formula is C24H21. The third-order valence-electron chi connectivity index (χ3n) is 4.88. The van der Waals surface area contributed by atoms with Gasteiger partial charge in [0.25, 0.3) is 0 Å². The van der Waals surface area contributed by atoms with Gasteiger partial charge in [0.2, 0.25) is 0 Å². The van der Waals surface area contributed by atoms with E-state index < -0.39 is 0 Å². The Balaban J connectivity index is 1.92. The van der Waals surface area contributed by atoms with E-state index in [1.807, 2.05) is 0 Å². The molecule has 0 aromatic heterocycles. The predicted molar refractivity (Wildman–Crippen MR) is 104 cm³/mol. The molecule has 3 aromatic carbocycles. The molecule has 0 unspecified atom stereocenters. The SMILES string of the molecule is CCc1ccc2c(c1-c1ccccc1C)C=C(c1ccccc1)[CH]2. The van der Waals surface area contributed by atoms with Crippen LogP contribution in [0.1, 0.15) is 34.7 Å². The molecule has 1 aliphatic rings. The Morgan fingerprint density at radius 3 is 2.29 bits per heavy atom. The average molecular weight is 309 g/mol. The van der Waals surface area contributed by atoms with Crippen molar-refractivity contribution in [2.24, 2.45) is 0 Å². The quantitative estimate of drug-likeness (QED) is 0.530. The van der Waals surface area contributed by atoms with E-state index in [9.17, 15) is 0 Å². The van der Waals surface area contributed by atoms with Crippen LogP contribution in [0.2, 0.25) is 0 Å². The van der Waals surface area contributed by atoms with Crippen molar-refractivity contribution in [2.75, 3.05) is 0 Å². The lowest BCUT2D eigenvalue weighted by molar-refractivity contribution is 1.14. The summed E-state index contributed by atoms with van der Waals surface area (Å²) >= 11 is 0. The van der Waals surface area contributed by atoms with Crippen LogP contribution in [0.4, 0.5) is 0 Å². The minimum absolute atomic E-state index is 1.05. The van der Waals surface area contributed by atoms with Gasteiger partial charge in [-0.25, -0.2) is 0 Å². The fourth-order valence-electron chi connectivity index (χ4n) is 3.59. The molecule has 1 radical (unpaired) electrons. The van der Waals surface area contributed by atoms with E-state index in [0.717, 1.165) is 6.42 Å². The van der Waals surface area contributed by atoms with E-state index in [1.165, 1.54) is 44.5 Å². The van der Waals surface area contributed by atoms with Crippen molar-refractivity contribution >= 4 is 11.6 Å². The molecule has 24 heavy (non-hydrogen) atoms. The number of allylic oxidation sites excluding steroid dienone is 1. The van der Waals surface area contributed by atoms with Gasteiger partial charge >= 0.3 is 0 Å². The van der Waals surface area contributed by atoms with Crippen LogP contribution in [-0.4, -0.2) is 0 Å². The van der Waals surface area contributed by atoms with Crippen molar-refractivity contribution in [1.82, 2.24) is 0 Å². The number of fused-ring (bicyclic) bond motifs is 1. The topological polar surface area (TPSA) is 0 Å². The molecule has 0 saturated carbocycles. The zero-order chi connectivity index (χ0) is 16.5. The Hall–Kier alpha value is -2.60. The minimum Gasteiger partial charge on any atom is -0.0622 e. The van der Waals surface area contributed by atoms with E-state index in [2.05, 4.69) is 93.1 Å². The van der Waals surface area contributed by atoms with Crippen molar-refractivity contribution in [3.8, 4) is 11.1 Å². The fraction of sp³-hybridized carbons (Fsp3) is 0.125. The first-order chi connectivity index (χ1) is 11.8. The van der Waals surface area contributed by atoms with Crippen LogP contribution in [0.3, 0.4) is 0 Å². The molecule has 0 heterocycles. The van der Waals surface area contributed by atoms with Crippen LogP contribution in [0, 0.1) is 13.3 Å². The molecule has 0 heteroatoms. The molecule has 0 aliphatic heterocycles. The van der Waals surface area contributed by atoms with Crippen molar-refractivity contribution in [3.63, 3.8) is 0 Å². The summed E-state index contributed by atoms with van der Waals surface area (Å²) in [5.41, 5.74) is 10.8. The second-order valence-electron chi connectivity index (χ2n) is 6.38. The van der Waals surface area contributed by atoms with E-state index in [4.69, 9.17) is 0 Å². The summed E-state index contributed by atoms with van der Waals surface area (Å²) in [6, 6.07) is 23.9. The standard InChI is InChI=1S/C24H21/c1-3-18-13-14-20-15-21(19-10-5-4-6-11-19)16-23(20)24(18)22-12-8-7-9-17(22)2/h4-16H,3H2,1-2H3. The van der Waals surface area contributed by atoms with Crippen molar-refractivity contribution in [2.45, 2.75) is 20.3 Å². The maximum atomic E-state index is 2.35. The first kappa shape index (κ1) is 15.0. The Morgan fingerprint density at radius 2 is 1.54 bits per heavy atom. The average Bonchev–Trinajstić information content (AvgIpc) is 3.06. The van der Waals surface area contributed by atoms with Gasteiger partial charge in [0, 0.05) is 6.42 Å². The highest BCUT2D eigenvalue weighted by molar-refractivity contribution is 5.99. The summed E-state index contributed by atoms with van der Waals surface area (Å²) in [6.07, 6.45) is 5.71. The molecule has 0 atom stereocenters. The smallest absolute Gasteiger partial charge is 0.0211 e. The first-order valence-corrected chi connectivity index (χ1v) is 8.61. The summed E-state index contributed by atoms with van der Waals surface area (Å²) in [6.45, 7) is 4.44. The maximum Gasteiger partial charge on any atom is 0.0211 e. The Labute approximate surface area is 144 Å². The fourth-order valence-corrected chi connectivity index (χ4v) is 3.59. The van der Waals surface area contributed by atoms with Gasteiger partial charge in [0.05, 0.1) is 0 Å². The van der Waals surface area contributed by atoms with Gasteiger partial charge in [-0.1, -0.05) is 73.7 Å². The molecule has 1 aliphatic carbocycles. The largest absolute Gasteiger partial charge is 0.0622 e. The summed E-state index contributed by atoms with van der Waals surface area (Å²) < 4.78 is 0. The lowest BCUT2D eigenvalue weighted by Gasteiger charge is -2.15. The molecule has 117 valence electrons. The number of aryl methyl sites for hydroxylation is 2. The highest BCUT2D eigenvalue weighted by Gasteiger charge is 2.20. The summed E-state index contributed by atoms with van der Waals surface area (Å²) in [4.78, 5) is 0. The van der Waals surface area contributed by atoms with Crippen LogP contribution in [0.15, 0.2) is 66.7 Å².